The van der Waals surface area contributed by atoms with Crippen molar-refractivity contribution in [1.29, 1.82) is 0 Å². The van der Waals surface area contributed by atoms with Gasteiger partial charge in [-0.3, -0.25) is 0 Å². The van der Waals surface area contributed by atoms with Gasteiger partial charge in [-0.2, -0.15) is 0 Å². The molecule has 0 atom stereocenters. The minimum atomic E-state index is 1.05. The van der Waals surface area contributed by atoms with Gasteiger partial charge in [0, 0.05) is 6.20 Å². The molecule has 1 heteroatoms. The van der Waals surface area contributed by atoms with E-state index in [1.807, 2.05) is 0 Å². The molecule has 14 heavy (non-hydrogen) atoms. The molecule has 1 nitrogen and oxygen atoms in total. The quantitative estimate of drug-likeness (QED) is 0.708. The molecule has 0 aromatic heterocycles. The van der Waals surface area contributed by atoms with Gasteiger partial charge in [-0.1, -0.05) is 35.4 Å². The van der Waals surface area contributed by atoms with Gasteiger partial charge >= 0.3 is 0 Å². The number of hydrogen-bond acceptors (Lipinski definition) is 1. The molecule has 1 aliphatic rings. The zero-order valence-corrected chi connectivity index (χ0v) is 8.67. The van der Waals surface area contributed by atoms with Gasteiger partial charge in [-0.05, 0) is 37.6 Å². The monoisotopic (exact) mass is 185 g/mol. The van der Waals surface area contributed by atoms with E-state index in [9.17, 15) is 0 Å². The van der Waals surface area contributed by atoms with Gasteiger partial charge in [0.1, 0.15) is 0 Å². The first-order chi connectivity index (χ1) is 6.75. The predicted molar refractivity (Wildman–Crippen MR) is 60.7 cm³/mol. The summed E-state index contributed by atoms with van der Waals surface area (Å²) in [6.45, 7) is 4.26. The van der Waals surface area contributed by atoms with Crippen LogP contribution in [0.25, 0.3) is 5.57 Å². The highest BCUT2D eigenvalue weighted by molar-refractivity contribution is 5.68. The van der Waals surface area contributed by atoms with Crippen molar-refractivity contribution in [2.24, 2.45) is 0 Å². The molecular formula is C13H15N. The largest absolute Gasteiger partial charge is 0.367 e. The highest BCUT2D eigenvalue weighted by Crippen LogP contribution is 2.23. The van der Waals surface area contributed by atoms with Crippen molar-refractivity contribution in [3.63, 3.8) is 0 Å². The summed E-state index contributed by atoms with van der Waals surface area (Å²) in [5, 5.41) is 3.17. The van der Waals surface area contributed by atoms with E-state index in [0.717, 1.165) is 6.42 Å². The van der Waals surface area contributed by atoms with Crippen LogP contribution < -0.4 is 5.32 Å². The molecule has 0 fully saturated rings. The van der Waals surface area contributed by atoms with Crippen LogP contribution in [0.5, 0.6) is 0 Å². The normalized spacial score (nSPS) is 15.6. The first kappa shape index (κ1) is 9.07. The van der Waals surface area contributed by atoms with Crippen LogP contribution in [-0.4, -0.2) is 0 Å². The van der Waals surface area contributed by atoms with E-state index in [1.165, 1.54) is 22.3 Å². The SMILES string of the molecule is CC1=CNC=C(c2ccc(C)cc2)C1. The van der Waals surface area contributed by atoms with Crippen molar-refractivity contribution in [3.05, 3.63) is 53.4 Å². The van der Waals surface area contributed by atoms with Crippen molar-refractivity contribution in [2.45, 2.75) is 20.3 Å². The summed E-state index contributed by atoms with van der Waals surface area (Å²) in [7, 11) is 0. The molecule has 1 heterocycles. The Morgan fingerprint density at radius 3 is 2.36 bits per heavy atom. The summed E-state index contributed by atoms with van der Waals surface area (Å²) in [6, 6.07) is 8.68. The standard InChI is InChI=1S/C13H15N/c1-10-3-5-12(6-4-10)13-7-11(2)8-14-9-13/h3-6,8-9,14H,7H2,1-2H3. The lowest BCUT2D eigenvalue weighted by atomic mass is 9.98. The minimum Gasteiger partial charge on any atom is -0.367 e. The molecule has 0 unspecified atom stereocenters. The summed E-state index contributed by atoms with van der Waals surface area (Å²) in [6.07, 6.45) is 5.19. The maximum Gasteiger partial charge on any atom is 0.00460 e. The number of benzene rings is 1. The van der Waals surface area contributed by atoms with Crippen molar-refractivity contribution in [2.75, 3.05) is 0 Å². The molecule has 0 bridgehead atoms. The fourth-order valence-corrected chi connectivity index (χ4v) is 1.64. The van der Waals surface area contributed by atoms with E-state index in [4.69, 9.17) is 0 Å². The van der Waals surface area contributed by atoms with Crippen LogP contribution in [-0.2, 0) is 0 Å². The summed E-state index contributed by atoms with van der Waals surface area (Å²) in [5.74, 6) is 0. The maximum absolute atomic E-state index is 3.17. The first-order valence-electron chi connectivity index (χ1n) is 4.93. The van der Waals surface area contributed by atoms with Crippen molar-refractivity contribution in [1.82, 2.24) is 5.32 Å². The van der Waals surface area contributed by atoms with Gasteiger partial charge in [0.05, 0.1) is 0 Å². The van der Waals surface area contributed by atoms with Crippen LogP contribution >= 0.6 is 0 Å². The summed E-state index contributed by atoms with van der Waals surface area (Å²) in [4.78, 5) is 0. The molecule has 0 aliphatic carbocycles. The Kier molecular flexibility index (Phi) is 2.40. The number of nitrogens with one attached hydrogen (secondary N) is 1. The highest BCUT2D eigenvalue weighted by atomic mass is 14.8. The van der Waals surface area contributed by atoms with E-state index in [0.29, 0.717) is 0 Å². The molecule has 0 radical (unpaired) electrons. The number of allylic oxidation sites excluding steroid dienone is 2. The number of dihydropyridines is 1. The Labute approximate surface area is 85.2 Å². The predicted octanol–water partition coefficient (Wildman–Crippen LogP) is 3.23. The molecule has 0 amide bonds. The van der Waals surface area contributed by atoms with Crippen molar-refractivity contribution in [3.8, 4) is 0 Å². The van der Waals surface area contributed by atoms with E-state index < -0.39 is 0 Å². The third-order valence-electron chi connectivity index (χ3n) is 2.48. The second-order valence-corrected chi connectivity index (χ2v) is 3.87. The van der Waals surface area contributed by atoms with Crippen LogP contribution in [0.1, 0.15) is 24.5 Å². The molecular weight excluding hydrogens is 170 g/mol. The number of rotatable bonds is 1. The third-order valence-corrected chi connectivity index (χ3v) is 2.48. The molecule has 72 valence electrons. The lowest BCUT2D eigenvalue weighted by Crippen LogP contribution is -2.03. The van der Waals surface area contributed by atoms with Gasteiger partial charge in [0.15, 0.2) is 0 Å². The lowest BCUT2D eigenvalue weighted by Gasteiger charge is -2.13. The zero-order valence-electron chi connectivity index (χ0n) is 8.67. The Bertz CT molecular complexity index is 382. The molecule has 1 aliphatic heterocycles. The van der Waals surface area contributed by atoms with Crippen LogP contribution in [0.15, 0.2) is 42.2 Å². The van der Waals surface area contributed by atoms with E-state index >= 15 is 0 Å². The Balaban J connectivity index is 2.24. The van der Waals surface area contributed by atoms with Crippen molar-refractivity contribution < 1.29 is 0 Å². The summed E-state index contributed by atoms with van der Waals surface area (Å²) < 4.78 is 0. The second kappa shape index (κ2) is 3.70. The zero-order chi connectivity index (χ0) is 9.97. The molecule has 2 rings (SSSR count). The molecule has 0 saturated carbocycles. The molecule has 1 N–H and O–H groups in total. The van der Waals surface area contributed by atoms with Gasteiger partial charge in [0.25, 0.3) is 0 Å². The van der Waals surface area contributed by atoms with E-state index in [2.05, 4.69) is 55.8 Å². The van der Waals surface area contributed by atoms with Crippen molar-refractivity contribution >= 4 is 5.57 Å². The topological polar surface area (TPSA) is 12.0 Å². The van der Waals surface area contributed by atoms with Crippen LogP contribution in [0, 0.1) is 6.92 Å². The highest BCUT2D eigenvalue weighted by Gasteiger charge is 2.05. The van der Waals surface area contributed by atoms with Crippen LogP contribution in [0.4, 0.5) is 0 Å². The maximum atomic E-state index is 3.17. The fourth-order valence-electron chi connectivity index (χ4n) is 1.64. The smallest absolute Gasteiger partial charge is 0.00460 e. The third kappa shape index (κ3) is 1.87. The first-order valence-corrected chi connectivity index (χ1v) is 4.93. The van der Waals surface area contributed by atoms with Crippen LogP contribution in [0.2, 0.25) is 0 Å². The molecule has 1 aromatic carbocycles. The number of hydrogen-bond donors (Lipinski definition) is 1. The Morgan fingerprint density at radius 1 is 1.00 bits per heavy atom. The van der Waals surface area contributed by atoms with E-state index in [1.54, 1.807) is 0 Å². The van der Waals surface area contributed by atoms with Gasteiger partial charge < -0.3 is 5.32 Å². The van der Waals surface area contributed by atoms with Gasteiger partial charge in [0.2, 0.25) is 0 Å². The van der Waals surface area contributed by atoms with Gasteiger partial charge in [-0.15, -0.1) is 0 Å². The summed E-state index contributed by atoms with van der Waals surface area (Å²) in [5.41, 5.74) is 5.37. The number of aryl methyl sites for hydroxylation is 1. The van der Waals surface area contributed by atoms with E-state index in [-0.39, 0.29) is 0 Å². The average molecular weight is 185 g/mol. The molecule has 1 aromatic rings. The Morgan fingerprint density at radius 2 is 1.71 bits per heavy atom. The second-order valence-electron chi connectivity index (χ2n) is 3.87. The van der Waals surface area contributed by atoms with Crippen LogP contribution in [0.3, 0.4) is 0 Å². The minimum absolute atomic E-state index is 1.05. The average Bonchev–Trinajstić information content (AvgIpc) is 2.19. The fraction of sp³-hybridized carbons (Fsp3) is 0.231. The summed E-state index contributed by atoms with van der Waals surface area (Å²) >= 11 is 0. The molecule has 0 spiro atoms. The van der Waals surface area contributed by atoms with Gasteiger partial charge in [-0.25, -0.2) is 0 Å². The lowest BCUT2D eigenvalue weighted by molar-refractivity contribution is 1.05. The Hall–Kier alpha value is -1.50. The molecule has 0 saturated heterocycles.